The van der Waals surface area contributed by atoms with Crippen molar-refractivity contribution in [3.8, 4) is 16.9 Å². The fourth-order valence-corrected chi connectivity index (χ4v) is 2.75. The summed E-state index contributed by atoms with van der Waals surface area (Å²) in [7, 11) is 0. The van der Waals surface area contributed by atoms with Gasteiger partial charge in [-0.15, -0.1) is 0 Å². The molecule has 0 heterocycles. The molecule has 2 nitrogen and oxygen atoms in total. The average Bonchev–Trinajstić information content (AvgIpc) is 2.99. The molecule has 0 amide bonds. The van der Waals surface area contributed by atoms with Crippen LogP contribution in [0.1, 0.15) is 31.2 Å². The molecule has 0 aliphatic heterocycles. The second-order valence-corrected chi connectivity index (χ2v) is 5.46. The van der Waals surface area contributed by atoms with Crippen molar-refractivity contribution in [3.63, 3.8) is 0 Å². The largest absolute Gasteiger partial charge is 0.508 e. The molecule has 0 bridgehead atoms. The van der Waals surface area contributed by atoms with Gasteiger partial charge in [-0.25, -0.2) is 0 Å². The van der Waals surface area contributed by atoms with Gasteiger partial charge in [0.25, 0.3) is 0 Å². The molecule has 0 unspecified atom stereocenters. The highest BCUT2D eigenvalue weighted by molar-refractivity contribution is 5.65. The maximum Gasteiger partial charge on any atom is 0.116 e. The molecule has 3 rings (SSSR count). The molecule has 104 valence electrons. The van der Waals surface area contributed by atoms with E-state index in [9.17, 15) is 5.11 Å². The van der Waals surface area contributed by atoms with E-state index in [1.54, 1.807) is 12.1 Å². The molecular weight excluding hydrogens is 248 g/mol. The zero-order valence-corrected chi connectivity index (χ0v) is 11.6. The first-order valence-electron chi connectivity index (χ1n) is 7.31. The van der Waals surface area contributed by atoms with Crippen molar-refractivity contribution in [2.45, 2.75) is 38.4 Å². The summed E-state index contributed by atoms with van der Waals surface area (Å²) in [5.74, 6) is 0.302. The number of rotatable bonds is 4. The van der Waals surface area contributed by atoms with E-state index in [0.29, 0.717) is 18.5 Å². The fourth-order valence-electron chi connectivity index (χ4n) is 2.75. The first kappa shape index (κ1) is 13.2. The molecule has 0 radical (unpaired) electrons. The van der Waals surface area contributed by atoms with Crippen LogP contribution in [0.3, 0.4) is 0 Å². The van der Waals surface area contributed by atoms with Crippen LogP contribution in [0.15, 0.2) is 48.5 Å². The number of hydrogen-bond acceptors (Lipinski definition) is 2. The van der Waals surface area contributed by atoms with E-state index >= 15 is 0 Å². The van der Waals surface area contributed by atoms with Crippen molar-refractivity contribution in [3.05, 3.63) is 54.1 Å². The molecule has 2 aromatic rings. The van der Waals surface area contributed by atoms with E-state index in [1.165, 1.54) is 31.2 Å². The SMILES string of the molecule is Oc1cccc(-c2ccc(COC3CCCC3)cc2)c1. The molecule has 1 saturated carbocycles. The normalized spacial score (nSPS) is 15.6. The summed E-state index contributed by atoms with van der Waals surface area (Å²) >= 11 is 0. The molecule has 1 aliphatic rings. The molecule has 1 aliphatic carbocycles. The number of phenols is 1. The Morgan fingerprint density at radius 1 is 0.950 bits per heavy atom. The van der Waals surface area contributed by atoms with Crippen LogP contribution in [0.5, 0.6) is 5.75 Å². The summed E-state index contributed by atoms with van der Waals surface area (Å²) < 4.78 is 5.91. The molecule has 0 spiro atoms. The van der Waals surface area contributed by atoms with Crippen LogP contribution in [0.2, 0.25) is 0 Å². The maximum atomic E-state index is 9.51. The van der Waals surface area contributed by atoms with Gasteiger partial charge >= 0.3 is 0 Å². The second kappa shape index (κ2) is 6.10. The number of benzene rings is 2. The van der Waals surface area contributed by atoms with Gasteiger partial charge in [-0.1, -0.05) is 49.2 Å². The van der Waals surface area contributed by atoms with Crippen molar-refractivity contribution < 1.29 is 9.84 Å². The van der Waals surface area contributed by atoms with Crippen molar-refractivity contribution in [2.75, 3.05) is 0 Å². The van der Waals surface area contributed by atoms with E-state index in [-0.39, 0.29) is 0 Å². The summed E-state index contributed by atoms with van der Waals surface area (Å²) in [6.45, 7) is 0.699. The lowest BCUT2D eigenvalue weighted by molar-refractivity contribution is 0.0457. The number of aromatic hydroxyl groups is 1. The molecule has 0 saturated heterocycles. The van der Waals surface area contributed by atoms with Gasteiger partial charge in [-0.3, -0.25) is 0 Å². The summed E-state index contributed by atoms with van der Waals surface area (Å²) in [4.78, 5) is 0. The lowest BCUT2D eigenvalue weighted by Crippen LogP contribution is -2.06. The Morgan fingerprint density at radius 3 is 2.40 bits per heavy atom. The molecule has 2 aromatic carbocycles. The molecule has 2 heteroatoms. The highest BCUT2D eigenvalue weighted by Crippen LogP contribution is 2.25. The minimum atomic E-state index is 0.302. The van der Waals surface area contributed by atoms with E-state index in [2.05, 4.69) is 24.3 Å². The van der Waals surface area contributed by atoms with Gasteiger partial charge in [-0.05, 0) is 41.7 Å². The monoisotopic (exact) mass is 268 g/mol. The molecule has 0 aromatic heterocycles. The summed E-state index contributed by atoms with van der Waals surface area (Å²) in [6, 6.07) is 15.7. The highest BCUT2D eigenvalue weighted by Gasteiger charge is 2.15. The molecular formula is C18H20O2. The van der Waals surface area contributed by atoms with Crippen LogP contribution in [-0.4, -0.2) is 11.2 Å². The third-order valence-corrected chi connectivity index (χ3v) is 3.92. The van der Waals surface area contributed by atoms with Gasteiger partial charge in [0.15, 0.2) is 0 Å². The lowest BCUT2D eigenvalue weighted by atomic mass is 10.0. The van der Waals surface area contributed by atoms with Crippen LogP contribution < -0.4 is 0 Å². The van der Waals surface area contributed by atoms with Crippen molar-refractivity contribution >= 4 is 0 Å². The van der Waals surface area contributed by atoms with Crippen molar-refractivity contribution in [1.82, 2.24) is 0 Å². The molecule has 1 N–H and O–H groups in total. The summed E-state index contributed by atoms with van der Waals surface area (Å²) in [5, 5.41) is 9.51. The minimum Gasteiger partial charge on any atom is -0.508 e. The van der Waals surface area contributed by atoms with Gasteiger partial charge in [-0.2, -0.15) is 0 Å². The molecule has 20 heavy (non-hydrogen) atoms. The van der Waals surface area contributed by atoms with Crippen LogP contribution >= 0.6 is 0 Å². The van der Waals surface area contributed by atoms with Gasteiger partial charge in [0.1, 0.15) is 5.75 Å². The van der Waals surface area contributed by atoms with Gasteiger partial charge in [0.2, 0.25) is 0 Å². The Kier molecular flexibility index (Phi) is 4.03. The molecule has 0 atom stereocenters. The summed E-state index contributed by atoms with van der Waals surface area (Å²) in [5.41, 5.74) is 3.36. The Balaban J connectivity index is 1.65. The van der Waals surface area contributed by atoms with E-state index in [0.717, 1.165) is 11.1 Å². The first-order valence-corrected chi connectivity index (χ1v) is 7.31. The Hall–Kier alpha value is -1.80. The van der Waals surface area contributed by atoms with E-state index in [1.807, 2.05) is 12.1 Å². The molecule has 1 fully saturated rings. The predicted octanol–water partition coefficient (Wildman–Crippen LogP) is 4.52. The van der Waals surface area contributed by atoms with Crippen molar-refractivity contribution in [2.24, 2.45) is 0 Å². The highest BCUT2D eigenvalue weighted by atomic mass is 16.5. The first-order chi connectivity index (χ1) is 9.81. The standard InChI is InChI=1S/C18H20O2/c19-17-5-3-4-16(12-17)15-10-8-14(9-11-15)13-20-18-6-1-2-7-18/h3-5,8-12,18-19H,1-2,6-7,13H2. The van der Waals surface area contributed by atoms with Gasteiger partial charge in [0.05, 0.1) is 12.7 Å². The lowest BCUT2D eigenvalue weighted by Gasteiger charge is -2.11. The third-order valence-electron chi connectivity index (χ3n) is 3.92. The van der Waals surface area contributed by atoms with Crippen LogP contribution in [0, 0.1) is 0 Å². The maximum absolute atomic E-state index is 9.51. The van der Waals surface area contributed by atoms with E-state index < -0.39 is 0 Å². The number of phenolic OH excluding ortho intramolecular Hbond substituents is 1. The Bertz CT molecular complexity index is 554. The van der Waals surface area contributed by atoms with Crippen molar-refractivity contribution in [1.29, 1.82) is 0 Å². The van der Waals surface area contributed by atoms with Crippen LogP contribution in [0.4, 0.5) is 0 Å². The topological polar surface area (TPSA) is 29.5 Å². The zero-order chi connectivity index (χ0) is 13.8. The summed E-state index contributed by atoms with van der Waals surface area (Å²) in [6.07, 6.45) is 5.49. The van der Waals surface area contributed by atoms with Gasteiger partial charge in [0, 0.05) is 0 Å². The Morgan fingerprint density at radius 2 is 1.70 bits per heavy atom. The zero-order valence-electron chi connectivity index (χ0n) is 11.6. The van der Waals surface area contributed by atoms with E-state index in [4.69, 9.17) is 4.74 Å². The quantitative estimate of drug-likeness (QED) is 0.883. The van der Waals surface area contributed by atoms with Gasteiger partial charge < -0.3 is 9.84 Å². The second-order valence-electron chi connectivity index (χ2n) is 5.46. The van der Waals surface area contributed by atoms with Crippen LogP contribution in [0.25, 0.3) is 11.1 Å². The minimum absolute atomic E-state index is 0.302. The smallest absolute Gasteiger partial charge is 0.116 e. The fraction of sp³-hybridized carbons (Fsp3) is 0.333. The average molecular weight is 268 g/mol. The Labute approximate surface area is 120 Å². The number of ether oxygens (including phenoxy) is 1. The number of hydrogen-bond donors (Lipinski definition) is 1. The third kappa shape index (κ3) is 3.20. The van der Waals surface area contributed by atoms with Crippen LogP contribution in [-0.2, 0) is 11.3 Å². The predicted molar refractivity (Wildman–Crippen MR) is 80.6 cm³/mol.